The van der Waals surface area contributed by atoms with Crippen molar-refractivity contribution in [2.24, 2.45) is 0 Å². The van der Waals surface area contributed by atoms with E-state index in [9.17, 15) is 9.59 Å². The number of nitrogens with zero attached hydrogens (tertiary/aromatic N) is 1. The van der Waals surface area contributed by atoms with Gasteiger partial charge in [-0.2, -0.15) is 4.98 Å². The molecule has 0 atom stereocenters. The molecule has 0 bridgehead atoms. The molecule has 6 heteroatoms. The van der Waals surface area contributed by atoms with Gasteiger partial charge in [-0.15, -0.1) is 0 Å². The van der Waals surface area contributed by atoms with Crippen LogP contribution in [0.5, 0.6) is 0 Å². The van der Waals surface area contributed by atoms with E-state index in [4.69, 9.17) is 16.3 Å². The van der Waals surface area contributed by atoms with Gasteiger partial charge in [0.25, 0.3) is 0 Å². The highest BCUT2D eigenvalue weighted by Crippen LogP contribution is 2.29. The zero-order valence-corrected chi connectivity index (χ0v) is 14.2. The summed E-state index contributed by atoms with van der Waals surface area (Å²) in [4.78, 5) is 31.4. The van der Waals surface area contributed by atoms with Crippen LogP contribution in [0.3, 0.4) is 0 Å². The number of halogens is 1. The first kappa shape index (κ1) is 16.9. The number of ether oxygens (including phenoxy) is 1. The molecule has 0 aliphatic rings. The molecule has 126 valence electrons. The molecule has 1 N–H and O–H groups in total. The first-order valence-electron chi connectivity index (χ1n) is 7.73. The molecule has 0 radical (unpaired) electrons. The fraction of sp³-hybridized carbons (Fsp3) is 0.105. The molecule has 3 rings (SSSR count). The zero-order valence-electron chi connectivity index (χ0n) is 13.5. The topological polar surface area (TPSA) is 72.0 Å². The standard InChI is InChI=1S/C19H15ClN2O3/c1-2-25-18(23)15-16(12-6-4-3-5-7-12)21-19(24)22-17(15)13-8-10-14(20)11-9-13/h3-11H,2H2,1H3,(H,21,22,24). The minimum atomic E-state index is -0.546. The van der Waals surface area contributed by atoms with Gasteiger partial charge in [0.05, 0.1) is 18.0 Å². The van der Waals surface area contributed by atoms with Gasteiger partial charge in [-0.1, -0.05) is 54.1 Å². The summed E-state index contributed by atoms with van der Waals surface area (Å²) in [6.45, 7) is 1.94. The number of carbonyl (C=O) groups excluding carboxylic acids is 1. The van der Waals surface area contributed by atoms with Crippen LogP contribution in [0, 0.1) is 0 Å². The third-order valence-corrected chi connectivity index (χ3v) is 3.84. The Morgan fingerprint density at radius 2 is 1.76 bits per heavy atom. The number of aromatic nitrogens is 2. The van der Waals surface area contributed by atoms with E-state index in [2.05, 4.69) is 9.97 Å². The maximum atomic E-state index is 12.6. The van der Waals surface area contributed by atoms with Crippen molar-refractivity contribution in [3.63, 3.8) is 0 Å². The Bertz CT molecular complexity index is 951. The van der Waals surface area contributed by atoms with Crippen LogP contribution in [0.15, 0.2) is 59.4 Å². The van der Waals surface area contributed by atoms with Crippen molar-refractivity contribution in [1.29, 1.82) is 0 Å². The van der Waals surface area contributed by atoms with E-state index in [1.807, 2.05) is 18.2 Å². The zero-order chi connectivity index (χ0) is 17.8. The summed E-state index contributed by atoms with van der Waals surface area (Å²) in [5.74, 6) is -0.546. The molecular weight excluding hydrogens is 340 g/mol. The lowest BCUT2D eigenvalue weighted by molar-refractivity contribution is 0.0527. The first-order valence-corrected chi connectivity index (χ1v) is 8.10. The summed E-state index contributed by atoms with van der Waals surface area (Å²) in [6, 6.07) is 15.9. The van der Waals surface area contributed by atoms with Crippen LogP contribution in [-0.2, 0) is 4.74 Å². The smallest absolute Gasteiger partial charge is 0.346 e. The maximum absolute atomic E-state index is 12.6. The summed E-state index contributed by atoms with van der Waals surface area (Å²) in [5, 5.41) is 0.557. The normalized spacial score (nSPS) is 10.5. The Hall–Kier alpha value is -2.92. The highest BCUT2D eigenvalue weighted by molar-refractivity contribution is 6.30. The Labute approximate surface area is 149 Å². The predicted octanol–water partition coefficient (Wildman–Crippen LogP) is 3.93. The molecular formula is C19H15ClN2O3. The van der Waals surface area contributed by atoms with Crippen molar-refractivity contribution >= 4 is 17.6 Å². The fourth-order valence-electron chi connectivity index (χ4n) is 2.51. The predicted molar refractivity (Wildman–Crippen MR) is 96.7 cm³/mol. The lowest BCUT2D eigenvalue weighted by Gasteiger charge is -2.13. The number of H-pyrrole nitrogens is 1. The average molecular weight is 355 g/mol. The second-order valence-electron chi connectivity index (χ2n) is 5.23. The third-order valence-electron chi connectivity index (χ3n) is 3.59. The van der Waals surface area contributed by atoms with Gasteiger partial charge in [0.1, 0.15) is 5.56 Å². The molecule has 2 aromatic carbocycles. The van der Waals surface area contributed by atoms with Crippen molar-refractivity contribution in [3.8, 4) is 22.5 Å². The Kier molecular flexibility index (Phi) is 4.95. The summed E-state index contributed by atoms with van der Waals surface area (Å²) in [6.07, 6.45) is 0. The molecule has 0 spiro atoms. The van der Waals surface area contributed by atoms with Crippen molar-refractivity contribution in [1.82, 2.24) is 9.97 Å². The summed E-state index contributed by atoms with van der Waals surface area (Å²) < 4.78 is 5.19. The van der Waals surface area contributed by atoms with E-state index in [-0.39, 0.29) is 17.9 Å². The molecule has 0 saturated heterocycles. The number of hydrogen-bond acceptors (Lipinski definition) is 4. The molecule has 0 amide bonds. The SMILES string of the molecule is CCOC(=O)c1c(-c2ccccc2)nc(=O)[nH]c1-c1ccc(Cl)cc1. The van der Waals surface area contributed by atoms with Crippen molar-refractivity contribution in [2.45, 2.75) is 6.92 Å². The van der Waals surface area contributed by atoms with E-state index in [1.165, 1.54) is 0 Å². The highest BCUT2D eigenvalue weighted by atomic mass is 35.5. The number of benzene rings is 2. The van der Waals surface area contributed by atoms with E-state index in [0.29, 0.717) is 21.8 Å². The maximum Gasteiger partial charge on any atom is 0.346 e. The first-order chi connectivity index (χ1) is 12.1. The molecule has 0 aliphatic carbocycles. The van der Waals surface area contributed by atoms with Gasteiger partial charge in [-0.05, 0) is 24.6 Å². The monoisotopic (exact) mass is 354 g/mol. The van der Waals surface area contributed by atoms with Gasteiger partial charge in [0.15, 0.2) is 0 Å². The van der Waals surface area contributed by atoms with E-state index >= 15 is 0 Å². The van der Waals surface area contributed by atoms with Gasteiger partial charge >= 0.3 is 11.7 Å². The molecule has 1 heterocycles. The fourth-order valence-corrected chi connectivity index (χ4v) is 2.64. The number of esters is 1. The Morgan fingerprint density at radius 3 is 2.40 bits per heavy atom. The number of nitrogens with one attached hydrogen (secondary N) is 1. The van der Waals surface area contributed by atoms with Gasteiger partial charge in [-0.25, -0.2) is 9.59 Å². The molecule has 5 nitrogen and oxygen atoms in total. The molecule has 0 saturated carbocycles. The lowest BCUT2D eigenvalue weighted by Crippen LogP contribution is -2.19. The Balaban J connectivity index is 2.30. The minimum absolute atomic E-state index is 0.215. The molecule has 0 aliphatic heterocycles. The van der Waals surface area contributed by atoms with Crippen LogP contribution >= 0.6 is 11.6 Å². The number of carbonyl (C=O) groups is 1. The molecule has 0 fully saturated rings. The van der Waals surface area contributed by atoms with E-state index < -0.39 is 11.7 Å². The minimum Gasteiger partial charge on any atom is -0.462 e. The molecule has 3 aromatic rings. The number of hydrogen-bond donors (Lipinski definition) is 1. The van der Waals surface area contributed by atoms with Crippen LogP contribution in [0.2, 0.25) is 5.02 Å². The molecule has 0 unspecified atom stereocenters. The van der Waals surface area contributed by atoms with Crippen LogP contribution < -0.4 is 5.69 Å². The summed E-state index contributed by atoms with van der Waals surface area (Å²) in [7, 11) is 0. The van der Waals surface area contributed by atoms with E-state index in [1.54, 1.807) is 43.3 Å². The molecule has 25 heavy (non-hydrogen) atoms. The van der Waals surface area contributed by atoms with Crippen LogP contribution in [0.25, 0.3) is 22.5 Å². The van der Waals surface area contributed by atoms with Crippen LogP contribution in [0.1, 0.15) is 17.3 Å². The lowest BCUT2D eigenvalue weighted by atomic mass is 10.0. The van der Waals surface area contributed by atoms with Crippen LogP contribution in [0.4, 0.5) is 0 Å². The van der Waals surface area contributed by atoms with Crippen molar-refractivity contribution in [2.75, 3.05) is 6.61 Å². The highest BCUT2D eigenvalue weighted by Gasteiger charge is 2.22. The Morgan fingerprint density at radius 1 is 1.08 bits per heavy atom. The largest absolute Gasteiger partial charge is 0.462 e. The van der Waals surface area contributed by atoms with Crippen LogP contribution in [-0.4, -0.2) is 22.5 Å². The third kappa shape index (κ3) is 3.61. The number of rotatable bonds is 4. The van der Waals surface area contributed by atoms with E-state index in [0.717, 1.165) is 0 Å². The van der Waals surface area contributed by atoms with Gasteiger partial charge in [-0.3, -0.25) is 0 Å². The van der Waals surface area contributed by atoms with Crippen molar-refractivity contribution < 1.29 is 9.53 Å². The van der Waals surface area contributed by atoms with Gasteiger partial charge in [0, 0.05) is 10.6 Å². The second-order valence-corrected chi connectivity index (χ2v) is 5.67. The average Bonchev–Trinajstić information content (AvgIpc) is 2.62. The number of aromatic amines is 1. The van der Waals surface area contributed by atoms with Gasteiger partial charge < -0.3 is 9.72 Å². The summed E-state index contributed by atoms with van der Waals surface area (Å²) >= 11 is 5.93. The second kappa shape index (κ2) is 7.32. The summed E-state index contributed by atoms with van der Waals surface area (Å²) in [5.41, 5.74) is 1.62. The quantitative estimate of drug-likeness (QED) is 0.720. The van der Waals surface area contributed by atoms with Crippen molar-refractivity contribution in [3.05, 3.63) is 75.7 Å². The van der Waals surface area contributed by atoms with Gasteiger partial charge in [0.2, 0.25) is 0 Å². The molecule has 1 aromatic heterocycles.